The van der Waals surface area contributed by atoms with Gasteiger partial charge in [-0.25, -0.2) is 9.97 Å². The number of unbranched alkanes of at least 4 members (excludes halogenated alkanes) is 2. The summed E-state index contributed by atoms with van der Waals surface area (Å²) in [5, 5.41) is 34.2. The minimum atomic E-state index is -4.40. The van der Waals surface area contributed by atoms with E-state index in [0.29, 0.717) is 74.1 Å². The monoisotopic (exact) mass is 930 g/mol. The van der Waals surface area contributed by atoms with Crippen molar-refractivity contribution in [2.75, 3.05) is 26.6 Å². The molecule has 67 heavy (non-hydrogen) atoms. The summed E-state index contributed by atoms with van der Waals surface area (Å²) >= 11 is 0. The van der Waals surface area contributed by atoms with Gasteiger partial charge in [-0.15, -0.1) is 5.11 Å². The molecule has 1 unspecified atom stereocenters. The Balaban J connectivity index is 0.781. The summed E-state index contributed by atoms with van der Waals surface area (Å²) < 4.78 is 55.5. The maximum Gasteiger partial charge on any atom is 0.321 e. The van der Waals surface area contributed by atoms with Crippen LogP contribution in [0.1, 0.15) is 53.6 Å². The predicted molar refractivity (Wildman–Crippen MR) is 247 cm³/mol. The molecule has 1 amide bonds. The van der Waals surface area contributed by atoms with Crippen molar-refractivity contribution in [3.05, 3.63) is 144 Å². The van der Waals surface area contributed by atoms with Crippen LogP contribution < -0.4 is 29.6 Å². The van der Waals surface area contributed by atoms with E-state index in [1.165, 1.54) is 36.5 Å². The molecule has 1 aliphatic rings. The molecule has 0 aliphatic carbocycles. The molecule has 0 saturated heterocycles. The van der Waals surface area contributed by atoms with Crippen LogP contribution in [0, 0.1) is 0 Å². The molecule has 4 aromatic carbocycles. The third-order valence-corrected chi connectivity index (χ3v) is 11.5. The van der Waals surface area contributed by atoms with E-state index in [1.54, 1.807) is 30.3 Å². The molecule has 17 nitrogen and oxygen atoms in total. The summed E-state index contributed by atoms with van der Waals surface area (Å²) in [5.41, 5.74) is 4.95. The van der Waals surface area contributed by atoms with Crippen LogP contribution in [0.25, 0.3) is 22.4 Å². The quantitative estimate of drug-likeness (QED) is 0.0168. The molecule has 3 heterocycles. The van der Waals surface area contributed by atoms with Gasteiger partial charge < -0.3 is 34.5 Å². The number of aromatic nitrogens is 2. The molecule has 7 rings (SSSR count). The van der Waals surface area contributed by atoms with Gasteiger partial charge in [0.1, 0.15) is 18.0 Å². The van der Waals surface area contributed by atoms with Gasteiger partial charge in [0.05, 0.1) is 35.9 Å². The minimum absolute atomic E-state index is 0.0976. The number of pyridine rings is 2. The van der Waals surface area contributed by atoms with E-state index in [-0.39, 0.29) is 41.9 Å². The normalized spacial score (nSPS) is 13.0. The predicted octanol–water partition coefficient (Wildman–Crippen LogP) is 7.81. The largest absolute Gasteiger partial charge is 0.494 e. The zero-order valence-corrected chi connectivity index (χ0v) is 37.2. The van der Waals surface area contributed by atoms with Crippen LogP contribution >= 0.6 is 0 Å². The van der Waals surface area contributed by atoms with E-state index in [4.69, 9.17) is 23.9 Å². The van der Waals surface area contributed by atoms with E-state index in [2.05, 4.69) is 25.8 Å². The maximum absolute atomic E-state index is 12.6. The van der Waals surface area contributed by atoms with Gasteiger partial charge in [-0.3, -0.25) is 19.5 Å². The fourth-order valence-electron chi connectivity index (χ4n) is 7.08. The lowest BCUT2D eigenvalue weighted by Gasteiger charge is -2.19. The third-order valence-electron chi connectivity index (χ3n) is 10.6. The lowest BCUT2D eigenvalue weighted by atomic mass is 10.0. The highest BCUT2D eigenvalue weighted by atomic mass is 32.2. The van der Waals surface area contributed by atoms with Gasteiger partial charge in [0.15, 0.2) is 17.3 Å². The number of carboxylic acid groups (broad SMARTS) is 1. The van der Waals surface area contributed by atoms with Crippen molar-refractivity contribution in [1.82, 2.24) is 20.6 Å². The number of hydrogen-bond acceptors (Lipinski definition) is 14. The highest BCUT2D eigenvalue weighted by Crippen LogP contribution is 2.37. The number of hydrogen-bond donors (Lipinski definition) is 5. The number of carbonyl (C=O) groups is 2. The molecular weight excluding hydrogens is 881 g/mol. The first-order valence-electron chi connectivity index (χ1n) is 21.6. The molecule has 0 fully saturated rings. The summed E-state index contributed by atoms with van der Waals surface area (Å²) in [6.45, 7) is 1.16. The molecule has 0 radical (unpaired) electrons. The lowest BCUT2D eigenvalue weighted by Crippen LogP contribution is -2.44. The molecule has 1 aliphatic heterocycles. The van der Waals surface area contributed by atoms with Crippen LogP contribution in [0.4, 0.5) is 5.82 Å². The number of aliphatic hydroxyl groups is 1. The molecule has 0 saturated carbocycles. The van der Waals surface area contributed by atoms with Crippen molar-refractivity contribution in [1.29, 1.82) is 0 Å². The summed E-state index contributed by atoms with van der Waals surface area (Å²) in [6, 6.07) is 34.6. The first kappa shape index (κ1) is 47.7. The highest BCUT2D eigenvalue weighted by Gasteiger charge is 2.21. The summed E-state index contributed by atoms with van der Waals surface area (Å²) in [4.78, 5) is 33.3. The summed E-state index contributed by atoms with van der Waals surface area (Å²) in [7, 11) is -4.40. The summed E-state index contributed by atoms with van der Waals surface area (Å²) in [5.74, 6) is 1.27. The van der Waals surface area contributed by atoms with E-state index in [1.807, 2.05) is 60.7 Å². The van der Waals surface area contributed by atoms with Gasteiger partial charge in [-0.1, -0.05) is 66.7 Å². The fourth-order valence-corrected chi connectivity index (χ4v) is 7.79. The Morgan fingerprint density at radius 3 is 2.34 bits per heavy atom. The molecule has 348 valence electrons. The molecule has 5 N–H and O–H groups in total. The lowest BCUT2D eigenvalue weighted by molar-refractivity contribution is -0.140. The van der Waals surface area contributed by atoms with E-state index in [9.17, 15) is 32.8 Å². The van der Waals surface area contributed by atoms with Crippen molar-refractivity contribution in [2.24, 2.45) is 10.2 Å². The second kappa shape index (κ2) is 23.3. The van der Waals surface area contributed by atoms with Crippen LogP contribution in [-0.4, -0.2) is 83.8 Å². The Kier molecular flexibility index (Phi) is 16.6. The molecular formula is C49H50N6O11S. The second-order valence-corrected chi connectivity index (χ2v) is 16.9. The standard InChI is InChI=1S/C49H50N6O11S/c56-46(14-5-2-8-24-64-47-29-38(27-40(54-47)34-10-3-1-4-11-34)35-17-21-42-43(28-35)66-32-65-42)53-41(49(58)59)26-33-15-19-39(20-16-33)63-25-9-23-50-48(57)37-18-22-45(51-30-37)55-52-31-36-12-6-7-13-44(36)67(60,61)62/h1,3-4,6-7,10-13,15-22,27-30,41,46,53,56H,2,5,8-9,14,23-26,31-32H2,(H,50,57)(H,58,59)(H,60,61,62)/t41?,46-/m1/s1. The van der Waals surface area contributed by atoms with Gasteiger partial charge in [0.2, 0.25) is 12.7 Å². The Morgan fingerprint density at radius 2 is 1.57 bits per heavy atom. The SMILES string of the molecule is O=C(NCCCOc1ccc(CC(N[C@H](O)CCCCCOc2cc(-c3ccc4c(c3)OCO4)cc(-c3ccccc3)n2)C(=O)O)cc1)c1ccc(N=NCc2ccccc2S(=O)(=O)O)nc1. The average molecular weight is 931 g/mol. The number of aliphatic carboxylic acids is 1. The van der Waals surface area contributed by atoms with E-state index >= 15 is 0 Å². The van der Waals surface area contributed by atoms with Crippen molar-refractivity contribution in [3.8, 4) is 45.5 Å². The minimum Gasteiger partial charge on any atom is -0.494 e. The number of rotatable bonds is 24. The number of amides is 1. The van der Waals surface area contributed by atoms with Gasteiger partial charge in [-0.05, 0) is 109 Å². The molecule has 0 spiro atoms. The average Bonchev–Trinajstić information content (AvgIpc) is 3.81. The Hall–Kier alpha value is -7.25. The van der Waals surface area contributed by atoms with Crippen molar-refractivity contribution in [3.63, 3.8) is 0 Å². The van der Waals surface area contributed by atoms with Crippen molar-refractivity contribution < 1.29 is 51.7 Å². The zero-order valence-electron chi connectivity index (χ0n) is 36.4. The van der Waals surface area contributed by atoms with E-state index in [0.717, 1.165) is 34.4 Å². The van der Waals surface area contributed by atoms with Gasteiger partial charge >= 0.3 is 5.97 Å². The first-order chi connectivity index (χ1) is 32.5. The number of nitrogens with one attached hydrogen (secondary N) is 2. The number of carbonyl (C=O) groups excluding carboxylic acids is 1. The number of benzene rings is 4. The zero-order chi connectivity index (χ0) is 47.0. The van der Waals surface area contributed by atoms with Gasteiger partial charge in [0.25, 0.3) is 16.0 Å². The van der Waals surface area contributed by atoms with Crippen LogP contribution in [0.15, 0.2) is 143 Å². The number of fused-ring (bicyclic) bond motifs is 1. The van der Waals surface area contributed by atoms with Gasteiger partial charge in [-0.2, -0.15) is 13.5 Å². The number of aliphatic hydroxyl groups excluding tert-OH is 1. The molecule has 6 aromatic rings. The topological polar surface area (TPSA) is 240 Å². The van der Waals surface area contributed by atoms with Crippen LogP contribution in [0.2, 0.25) is 0 Å². The van der Waals surface area contributed by atoms with Crippen molar-refractivity contribution >= 4 is 27.8 Å². The van der Waals surface area contributed by atoms with Gasteiger partial charge in [0, 0.05) is 24.4 Å². The molecule has 0 bridgehead atoms. The van der Waals surface area contributed by atoms with Crippen LogP contribution in [0.3, 0.4) is 0 Å². The third kappa shape index (κ3) is 14.1. The Morgan fingerprint density at radius 1 is 0.791 bits per heavy atom. The highest BCUT2D eigenvalue weighted by molar-refractivity contribution is 7.85. The fraction of sp³-hybridized carbons (Fsp3) is 0.265. The number of ether oxygens (including phenoxy) is 4. The second-order valence-electron chi connectivity index (χ2n) is 15.5. The maximum atomic E-state index is 12.6. The molecule has 18 heteroatoms. The smallest absolute Gasteiger partial charge is 0.321 e. The summed E-state index contributed by atoms with van der Waals surface area (Å²) in [6.07, 6.45) is 3.49. The number of azo groups is 1. The number of carboxylic acids is 1. The number of nitrogens with zero attached hydrogens (tertiary/aromatic N) is 4. The van der Waals surface area contributed by atoms with Crippen LogP contribution in [-0.2, 0) is 27.9 Å². The van der Waals surface area contributed by atoms with E-state index < -0.39 is 28.4 Å². The molecule has 2 atom stereocenters. The first-order valence-corrected chi connectivity index (χ1v) is 23.1. The molecule has 2 aromatic heterocycles. The van der Waals surface area contributed by atoms with Crippen molar-refractivity contribution in [2.45, 2.75) is 62.2 Å². The van der Waals surface area contributed by atoms with Crippen LogP contribution in [0.5, 0.6) is 23.1 Å². The Labute approximate surface area is 387 Å². The Bertz CT molecular complexity index is 2740.